The Labute approximate surface area is 109 Å². The van der Waals surface area contributed by atoms with Crippen LogP contribution in [-0.4, -0.2) is 13.4 Å². The van der Waals surface area contributed by atoms with Crippen LogP contribution in [0.15, 0.2) is 36.4 Å². The molecule has 0 aromatic heterocycles. The molecule has 2 heteroatoms. The zero-order chi connectivity index (χ0) is 13.1. The number of fused-ring (bicyclic) bond motifs is 1. The molecule has 0 saturated carbocycles. The minimum Gasteiger partial charge on any atom is -0.356 e. The van der Waals surface area contributed by atoms with Crippen molar-refractivity contribution in [3.05, 3.63) is 47.5 Å². The minimum absolute atomic E-state index is 0.0189. The molecule has 2 nitrogen and oxygen atoms in total. The number of benzene rings is 2. The maximum Gasteiger partial charge on any atom is 0.155 e. The Morgan fingerprint density at radius 2 is 1.61 bits per heavy atom. The standard InChI is InChI=1S/C16H20O2/c1-11-9-10-15(12(2)18-13(3)17-4)16-8-6-5-7-14(11)16/h5-10,12-13H,1-4H3. The van der Waals surface area contributed by atoms with E-state index >= 15 is 0 Å². The molecule has 2 rings (SSSR count). The van der Waals surface area contributed by atoms with Gasteiger partial charge in [0.25, 0.3) is 0 Å². The van der Waals surface area contributed by atoms with E-state index in [9.17, 15) is 0 Å². The van der Waals surface area contributed by atoms with E-state index in [-0.39, 0.29) is 12.4 Å². The van der Waals surface area contributed by atoms with E-state index in [1.165, 1.54) is 21.9 Å². The molecule has 0 heterocycles. The summed E-state index contributed by atoms with van der Waals surface area (Å²) >= 11 is 0. The number of aryl methyl sites for hydroxylation is 1. The van der Waals surface area contributed by atoms with Gasteiger partial charge in [-0.2, -0.15) is 0 Å². The monoisotopic (exact) mass is 244 g/mol. The first-order valence-corrected chi connectivity index (χ1v) is 6.30. The van der Waals surface area contributed by atoms with Crippen LogP contribution in [0.2, 0.25) is 0 Å². The third-order valence-electron chi connectivity index (χ3n) is 3.34. The molecule has 2 aromatic carbocycles. The molecule has 2 aromatic rings. The highest BCUT2D eigenvalue weighted by molar-refractivity contribution is 5.88. The molecule has 0 N–H and O–H groups in total. The van der Waals surface area contributed by atoms with Gasteiger partial charge in [0.15, 0.2) is 6.29 Å². The van der Waals surface area contributed by atoms with Gasteiger partial charge in [0.1, 0.15) is 0 Å². The Morgan fingerprint density at radius 1 is 0.944 bits per heavy atom. The molecule has 0 bridgehead atoms. The number of ether oxygens (including phenoxy) is 2. The summed E-state index contributed by atoms with van der Waals surface area (Å²) in [6.45, 7) is 6.11. The highest BCUT2D eigenvalue weighted by Crippen LogP contribution is 2.29. The lowest BCUT2D eigenvalue weighted by atomic mass is 9.97. The maximum absolute atomic E-state index is 5.81. The Bertz CT molecular complexity index is 534. The van der Waals surface area contributed by atoms with E-state index in [0.29, 0.717) is 0 Å². The Kier molecular flexibility index (Phi) is 4.00. The van der Waals surface area contributed by atoms with Crippen molar-refractivity contribution >= 4 is 10.8 Å². The van der Waals surface area contributed by atoms with Crippen molar-refractivity contribution in [3.8, 4) is 0 Å². The molecule has 0 amide bonds. The lowest BCUT2D eigenvalue weighted by Crippen LogP contribution is -2.13. The smallest absolute Gasteiger partial charge is 0.155 e. The number of hydrogen-bond acceptors (Lipinski definition) is 2. The molecule has 0 spiro atoms. The number of hydrogen-bond donors (Lipinski definition) is 0. The molecular formula is C16H20O2. The molecule has 0 aliphatic heterocycles. The van der Waals surface area contributed by atoms with Crippen LogP contribution in [0.4, 0.5) is 0 Å². The highest BCUT2D eigenvalue weighted by atomic mass is 16.7. The van der Waals surface area contributed by atoms with E-state index in [1.807, 2.05) is 6.92 Å². The molecule has 0 saturated heterocycles. The van der Waals surface area contributed by atoms with Gasteiger partial charge in [-0.15, -0.1) is 0 Å². The van der Waals surface area contributed by atoms with Crippen molar-refractivity contribution < 1.29 is 9.47 Å². The summed E-state index contributed by atoms with van der Waals surface area (Å²) in [5.74, 6) is 0. The van der Waals surface area contributed by atoms with Crippen LogP contribution in [0.1, 0.15) is 31.1 Å². The highest BCUT2D eigenvalue weighted by Gasteiger charge is 2.13. The summed E-state index contributed by atoms with van der Waals surface area (Å²) in [4.78, 5) is 0. The fraction of sp³-hybridized carbons (Fsp3) is 0.375. The second-order valence-electron chi connectivity index (χ2n) is 4.60. The Morgan fingerprint density at radius 3 is 2.28 bits per heavy atom. The van der Waals surface area contributed by atoms with Crippen molar-refractivity contribution in [2.24, 2.45) is 0 Å². The zero-order valence-corrected chi connectivity index (χ0v) is 11.4. The summed E-state index contributed by atoms with van der Waals surface area (Å²) in [6.07, 6.45) is -0.175. The first kappa shape index (κ1) is 13.1. The van der Waals surface area contributed by atoms with Crippen LogP contribution >= 0.6 is 0 Å². The lowest BCUT2D eigenvalue weighted by molar-refractivity contribution is -0.140. The molecule has 0 aliphatic rings. The van der Waals surface area contributed by atoms with Gasteiger partial charge in [-0.25, -0.2) is 0 Å². The largest absolute Gasteiger partial charge is 0.356 e. The minimum atomic E-state index is -0.194. The summed E-state index contributed by atoms with van der Waals surface area (Å²) in [7, 11) is 1.66. The average Bonchev–Trinajstić information content (AvgIpc) is 2.39. The van der Waals surface area contributed by atoms with Crippen LogP contribution in [-0.2, 0) is 9.47 Å². The summed E-state index contributed by atoms with van der Waals surface area (Å²) in [5.41, 5.74) is 2.50. The first-order valence-electron chi connectivity index (χ1n) is 6.30. The quantitative estimate of drug-likeness (QED) is 0.750. The van der Waals surface area contributed by atoms with Crippen molar-refractivity contribution in [1.29, 1.82) is 0 Å². The SMILES string of the molecule is COC(C)OC(C)c1ccc(C)c2ccccc12. The van der Waals surface area contributed by atoms with Crippen molar-refractivity contribution in [2.45, 2.75) is 33.2 Å². The number of methoxy groups -OCH3 is 1. The topological polar surface area (TPSA) is 18.5 Å². The summed E-state index contributed by atoms with van der Waals surface area (Å²) < 4.78 is 11.0. The Balaban J connectivity index is 2.42. The van der Waals surface area contributed by atoms with Crippen LogP contribution in [0.3, 0.4) is 0 Å². The second-order valence-corrected chi connectivity index (χ2v) is 4.60. The van der Waals surface area contributed by atoms with Gasteiger partial charge in [-0.05, 0) is 42.7 Å². The van der Waals surface area contributed by atoms with Gasteiger partial charge in [0, 0.05) is 7.11 Å². The van der Waals surface area contributed by atoms with E-state index in [2.05, 4.69) is 50.2 Å². The van der Waals surface area contributed by atoms with E-state index in [4.69, 9.17) is 9.47 Å². The first-order chi connectivity index (χ1) is 8.63. The normalized spacial score (nSPS) is 14.7. The van der Waals surface area contributed by atoms with Crippen molar-refractivity contribution in [2.75, 3.05) is 7.11 Å². The maximum atomic E-state index is 5.81. The van der Waals surface area contributed by atoms with Gasteiger partial charge in [0.05, 0.1) is 6.10 Å². The molecule has 0 aliphatic carbocycles. The van der Waals surface area contributed by atoms with E-state index in [1.54, 1.807) is 7.11 Å². The zero-order valence-electron chi connectivity index (χ0n) is 11.4. The summed E-state index contributed by atoms with van der Waals surface area (Å²) in [6, 6.07) is 12.7. The van der Waals surface area contributed by atoms with Gasteiger partial charge >= 0.3 is 0 Å². The fourth-order valence-corrected chi connectivity index (χ4v) is 2.24. The number of rotatable bonds is 4. The molecule has 18 heavy (non-hydrogen) atoms. The molecular weight excluding hydrogens is 224 g/mol. The third-order valence-corrected chi connectivity index (χ3v) is 3.34. The second kappa shape index (κ2) is 5.51. The van der Waals surface area contributed by atoms with Crippen LogP contribution in [0, 0.1) is 6.92 Å². The fourth-order valence-electron chi connectivity index (χ4n) is 2.24. The van der Waals surface area contributed by atoms with E-state index < -0.39 is 0 Å². The van der Waals surface area contributed by atoms with Gasteiger partial charge in [-0.3, -0.25) is 0 Å². The lowest BCUT2D eigenvalue weighted by Gasteiger charge is -2.20. The predicted molar refractivity (Wildman–Crippen MR) is 74.7 cm³/mol. The van der Waals surface area contributed by atoms with Crippen LogP contribution in [0.25, 0.3) is 10.8 Å². The van der Waals surface area contributed by atoms with E-state index in [0.717, 1.165) is 0 Å². The molecule has 2 atom stereocenters. The molecule has 2 unspecified atom stereocenters. The Hall–Kier alpha value is -1.38. The van der Waals surface area contributed by atoms with Crippen LogP contribution in [0.5, 0.6) is 0 Å². The van der Waals surface area contributed by atoms with Gasteiger partial charge < -0.3 is 9.47 Å². The molecule has 0 fully saturated rings. The molecule has 0 radical (unpaired) electrons. The molecule has 96 valence electrons. The third kappa shape index (κ3) is 2.55. The van der Waals surface area contributed by atoms with Crippen molar-refractivity contribution in [3.63, 3.8) is 0 Å². The van der Waals surface area contributed by atoms with Crippen molar-refractivity contribution in [1.82, 2.24) is 0 Å². The average molecular weight is 244 g/mol. The predicted octanol–water partition coefficient (Wildman–Crippen LogP) is 4.22. The van der Waals surface area contributed by atoms with Crippen LogP contribution < -0.4 is 0 Å². The van der Waals surface area contributed by atoms with Gasteiger partial charge in [0.2, 0.25) is 0 Å². The summed E-state index contributed by atoms with van der Waals surface area (Å²) in [5, 5.41) is 2.55. The van der Waals surface area contributed by atoms with Gasteiger partial charge in [-0.1, -0.05) is 36.4 Å².